The number of ether oxygens (including phenoxy) is 1. The van der Waals surface area contributed by atoms with Crippen molar-refractivity contribution in [2.24, 2.45) is 35.6 Å². The first-order chi connectivity index (χ1) is 21.9. The molecule has 0 bridgehead atoms. The van der Waals surface area contributed by atoms with E-state index >= 15 is 0 Å². The quantitative estimate of drug-likeness (QED) is 0.451. The zero-order valence-corrected chi connectivity index (χ0v) is 26.7. The fourth-order valence-corrected chi connectivity index (χ4v) is 9.63. The van der Waals surface area contributed by atoms with Gasteiger partial charge in [0.15, 0.2) is 0 Å². The summed E-state index contributed by atoms with van der Waals surface area (Å²) in [5.74, 6) is -0.737. The fourth-order valence-electron chi connectivity index (χ4n) is 9.38. The molecule has 1 aromatic carbocycles. The van der Waals surface area contributed by atoms with Crippen LogP contribution in [0.3, 0.4) is 0 Å². The lowest BCUT2D eigenvalue weighted by Gasteiger charge is -2.52. The molecule has 2 unspecified atom stereocenters. The molecule has 2 amide bonds. The van der Waals surface area contributed by atoms with Gasteiger partial charge in [0.25, 0.3) is 6.43 Å². The Balaban J connectivity index is 1.20. The lowest BCUT2D eigenvalue weighted by Crippen LogP contribution is -2.58. The van der Waals surface area contributed by atoms with Crippen molar-refractivity contribution in [3.8, 4) is 5.75 Å². The van der Waals surface area contributed by atoms with Crippen LogP contribution in [0.25, 0.3) is 0 Å². The molecule has 2 spiro atoms. The van der Waals surface area contributed by atoms with Crippen LogP contribution < -0.4 is 4.74 Å². The third kappa shape index (κ3) is 4.27. The number of hydrogen-bond donors (Lipinski definition) is 1. The second-order valence-electron chi connectivity index (χ2n) is 14.9. The van der Waals surface area contributed by atoms with E-state index in [1.807, 2.05) is 9.80 Å². The van der Waals surface area contributed by atoms with Gasteiger partial charge >= 0.3 is 5.97 Å². The van der Waals surface area contributed by atoms with Gasteiger partial charge in [0.2, 0.25) is 11.8 Å². The number of hydrogen-bond acceptors (Lipinski definition) is 6. The van der Waals surface area contributed by atoms with Gasteiger partial charge in [-0.3, -0.25) is 14.4 Å². The number of amides is 2. The normalized spacial score (nSPS) is 33.7. The molecular formula is C33H38ClF2N5O5. The lowest BCUT2D eigenvalue weighted by atomic mass is 9.53. The summed E-state index contributed by atoms with van der Waals surface area (Å²) in [5.41, 5.74) is -1.01. The number of aromatic nitrogens is 3. The summed E-state index contributed by atoms with van der Waals surface area (Å²) in [5, 5.41) is 18.6. The van der Waals surface area contributed by atoms with Crippen LogP contribution in [0.4, 0.5) is 8.78 Å². The number of nitrogens with zero attached hydrogens (tertiary/aromatic N) is 5. The van der Waals surface area contributed by atoms with Crippen molar-refractivity contribution in [2.45, 2.75) is 89.3 Å². The summed E-state index contributed by atoms with van der Waals surface area (Å²) < 4.78 is 35.0. The molecule has 3 heterocycles. The highest BCUT2D eigenvalue weighted by atomic mass is 35.5. The van der Waals surface area contributed by atoms with E-state index in [1.54, 1.807) is 19.1 Å². The van der Waals surface area contributed by atoms with Gasteiger partial charge in [0, 0.05) is 43.6 Å². The maximum absolute atomic E-state index is 14.9. The number of carboxylic acid groups (broad SMARTS) is 1. The Morgan fingerprint density at radius 2 is 1.96 bits per heavy atom. The van der Waals surface area contributed by atoms with Crippen LogP contribution in [0.5, 0.6) is 5.75 Å². The Morgan fingerprint density at radius 3 is 2.61 bits per heavy atom. The standard InChI is InChI=1S/C33H38ClF2N5O5/c1-31(30(44)45)12-18-4-3-17(18)11-20(31)29(43)41-10-7-19-21(34)5-6-23(46-15-22-27(28(35)36)39(2)38-37-22)26(19)33(41)13-24(33)40-16-32(8-9-32)14-25(40)42/h5-6,17-18,20,24,28H,3-4,7-16H2,1-2H3,(H,44,45)/t17-,18+,20+,24?,31+,33?/m1/s1. The average molecular weight is 658 g/mol. The summed E-state index contributed by atoms with van der Waals surface area (Å²) in [7, 11) is 1.40. The van der Waals surface area contributed by atoms with Gasteiger partial charge < -0.3 is 19.6 Å². The van der Waals surface area contributed by atoms with Crippen molar-refractivity contribution in [1.82, 2.24) is 24.8 Å². The molecule has 4 saturated carbocycles. The zero-order chi connectivity index (χ0) is 32.3. The van der Waals surface area contributed by atoms with Crippen LogP contribution in [0.15, 0.2) is 12.1 Å². The number of alkyl halides is 2. The Morgan fingerprint density at radius 1 is 1.20 bits per heavy atom. The van der Waals surface area contributed by atoms with Crippen molar-refractivity contribution < 1.29 is 33.0 Å². The average Bonchev–Trinajstić information content (AvgIpc) is 3.85. The van der Waals surface area contributed by atoms with Crippen molar-refractivity contribution in [3.63, 3.8) is 0 Å². The first-order valence-corrected chi connectivity index (χ1v) is 16.7. The number of fused-ring (bicyclic) bond motifs is 3. The molecule has 4 aliphatic carbocycles. The zero-order valence-electron chi connectivity index (χ0n) is 26.0. The SMILES string of the molecule is Cn1nnc(COc2ccc(Cl)c3c2C2(CC2N2CC4(CC4)CC2=O)N(C(=O)[C@@H]2C[C@H]4CC[C@H]4C[C@]2(C)C(=O)O)CC3)c1C(F)F. The molecule has 2 aliphatic heterocycles. The van der Waals surface area contributed by atoms with Crippen LogP contribution >= 0.6 is 11.6 Å². The van der Waals surface area contributed by atoms with Crippen LogP contribution in [0.1, 0.15) is 87.2 Å². The molecule has 2 aromatic rings. The number of benzene rings is 1. The molecule has 13 heteroatoms. The second kappa shape index (κ2) is 10.1. The Labute approximate surface area is 270 Å². The van der Waals surface area contributed by atoms with E-state index < -0.39 is 29.3 Å². The van der Waals surface area contributed by atoms with E-state index in [0.717, 1.165) is 35.9 Å². The van der Waals surface area contributed by atoms with Crippen LogP contribution in [-0.4, -0.2) is 66.8 Å². The molecule has 1 N–H and O–H groups in total. The number of aliphatic carboxylic acids is 1. The molecule has 246 valence electrons. The van der Waals surface area contributed by atoms with Crippen LogP contribution in [-0.2, 0) is 40.0 Å². The monoisotopic (exact) mass is 657 g/mol. The first-order valence-electron chi connectivity index (χ1n) is 16.3. The first kappa shape index (κ1) is 30.1. The van der Waals surface area contributed by atoms with Crippen LogP contribution in [0, 0.1) is 28.6 Å². The minimum atomic E-state index is -2.80. The summed E-state index contributed by atoms with van der Waals surface area (Å²) in [4.78, 5) is 44.9. The van der Waals surface area contributed by atoms with E-state index in [-0.39, 0.29) is 41.3 Å². The molecule has 1 aromatic heterocycles. The number of carbonyl (C=O) groups excluding carboxylic acids is 2. The van der Waals surface area contributed by atoms with Gasteiger partial charge in [0.05, 0.1) is 22.9 Å². The van der Waals surface area contributed by atoms with Crippen molar-refractivity contribution in [2.75, 3.05) is 13.1 Å². The van der Waals surface area contributed by atoms with Gasteiger partial charge in [-0.2, -0.15) is 0 Å². The number of carboxylic acids is 1. The van der Waals surface area contributed by atoms with E-state index in [9.17, 15) is 28.3 Å². The van der Waals surface area contributed by atoms with Crippen LogP contribution in [0.2, 0.25) is 5.02 Å². The third-order valence-electron chi connectivity index (χ3n) is 12.4. The van der Waals surface area contributed by atoms with Gasteiger partial charge in [0.1, 0.15) is 23.7 Å². The highest BCUT2D eigenvalue weighted by Gasteiger charge is 2.70. The largest absolute Gasteiger partial charge is 0.487 e. The predicted molar refractivity (Wildman–Crippen MR) is 160 cm³/mol. The molecule has 6 atom stereocenters. The Bertz CT molecular complexity index is 1660. The third-order valence-corrected chi connectivity index (χ3v) is 12.8. The molecule has 0 radical (unpaired) electrons. The maximum Gasteiger partial charge on any atom is 0.310 e. The number of carbonyl (C=O) groups is 3. The molecule has 46 heavy (non-hydrogen) atoms. The maximum atomic E-state index is 14.9. The van der Waals surface area contributed by atoms with Crippen molar-refractivity contribution in [1.29, 1.82) is 0 Å². The predicted octanol–water partition coefficient (Wildman–Crippen LogP) is 4.88. The second-order valence-corrected chi connectivity index (χ2v) is 15.3. The Kier molecular flexibility index (Phi) is 6.61. The highest BCUT2D eigenvalue weighted by molar-refractivity contribution is 6.31. The van der Waals surface area contributed by atoms with Gasteiger partial charge in [-0.25, -0.2) is 13.5 Å². The van der Waals surface area contributed by atoms with E-state index in [1.165, 1.54) is 7.05 Å². The summed E-state index contributed by atoms with van der Waals surface area (Å²) in [6.45, 7) is 2.41. The highest BCUT2D eigenvalue weighted by Crippen LogP contribution is 2.65. The molecular weight excluding hydrogens is 620 g/mol. The topological polar surface area (TPSA) is 118 Å². The lowest BCUT2D eigenvalue weighted by molar-refractivity contribution is -0.170. The molecule has 6 aliphatic rings. The molecule has 10 nitrogen and oxygen atoms in total. The number of aryl methyl sites for hydroxylation is 1. The van der Waals surface area contributed by atoms with Crippen molar-refractivity contribution in [3.05, 3.63) is 39.7 Å². The summed E-state index contributed by atoms with van der Waals surface area (Å²) >= 11 is 6.81. The smallest absolute Gasteiger partial charge is 0.310 e. The number of rotatable bonds is 7. The summed E-state index contributed by atoms with van der Waals surface area (Å²) in [6.07, 6.45) is 3.59. The van der Waals surface area contributed by atoms with E-state index in [2.05, 4.69) is 10.3 Å². The molecule has 5 fully saturated rings. The summed E-state index contributed by atoms with van der Waals surface area (Å²) in [6, 6.07) is 3.08. The van der Waals surface area contributed by atoms with Crippen molar-refractivity contribution >= 4 is 29.4 Å². The number of likely N-dealkylation sites (tertiary alicyclic amines) is 1. The van der Waals surface area contributed by atoms with Gasteiger partial charge in [-0.15, -0.1) is 5.10 Å². The minimum Gasteiger partial charge on any atom is -0.487 e. The van der Waals surface area contributed by atoms with Gasteiger partial charge in [-0.1, -0.05) is 16.8 Å². The molecule has 8 rings (SSSR count). The molecule has 1 saturated heterocycles. The number of halogens is 3. The minimum absolute atomic E-state index is 0.00298. The fraction of sp³-hybridized carbons (Fsp3) is 0.667. The van der Waals surface area contributed by atoms with E-state index in [4.69, 9.17) is 16.3 Å². The van der Waals surface area contributed by atoms with Gasteiger partial charge in [-0.05, 0) is 86.8 Å². The Hall–Kier alpha value is -3.28. The van der Waals surface area contributed by atoms with E-state index in [0.29, 0.717) is 73.4 Å².